The molecular weight excluding hydrogens is 218 g/mol. The van der Waals surface area contributed by atoms with Crippen molar-refractivity contribution in [2.75, 3.05) is 0 Å². The quantitative estimate of drug-likeness (QED) is 0.836. The molecule has 0 aliphatic carbocycles. The van der Waals surface area contributed by atoms with Gasteiger partial charge in [0.25, 0.3) is 0 Å². The highest BCUT2D eigenvalue weighted by Crippen LogP contribution is 2.36. The Morgan fingerprint density at radius 2 is 2.00 bits per heavy atom. The first-order valence-electron chi connectivity index (χ1n) is 5.36. The summed E-state index contributed by atoms with van der Waals surface area (Å²) in [6.45, 7) is 3.27. The number of benzene rings is 1. The maximum Gasteiger partial charge on any atom is 0.313 e. The molecule has 4 heteroatoms. The molecule has 17 heavy (non-hydrogen) atoms. The van der Waals surface area contributed by atoms with E-state index in [1.165, 1.54) is 0 Å². The van der Waals surface area contributed by atoms with Crippen LogP contribution in [0, 0.1) is 0 Å². The lowest BCUT2D eigenvalue weighted by atomic mass is 9.84. The zero-order valence-electron chi connectivity index (χ0n) is 10.1. The van der Waals surface area contributed by atoms with Gasteiger partial charge in [-0.3, -0.25) is 4.79 Å². The molecule has 0 aliphatic rings. The lowest BCUT2D eigenvalue weighted by Gasteiger charge is -2.18. The Kier molecular flexibility index (Phi) is 2.38. The molecule has 0 bridgehead atoms. The van der Waals surface area contributed by atoms with Crippen LogP contribution in [0.2, 0.25) is 0 Å². The molecular formula is C13H15NO3. The summed E-state index contributed by atoms with van der Waals surface area (Å²) in [7, 11) is 1.84. The number of aromatic nitrogens is 1. The van der Waals surface area contributed by atoms with E-state index < -0.39 is 11.4 Å². The standard InChI is InChI=1S/C13H15NO3/c1-13(2,12(16)17)8-7-14(3)9-5-4-6-10(15)11(8)9/h4-7,15H,1-3H3,(H,16,17). The molecule has 0 saturated carbocycles. The Morgan fingerprint density at radius 3 is 2.59 bits per heavy atom. The van der Waals surface area contributed by atoms with Gasteiger partial charge in [0.05, 0.1) is 10.9 Å². The van der Waals surface area contributed by atoms with Gasteiger partial charge in [-0.25, -0.2) is 0 Å². The van der Waals surface area contributed by atoms with Gasteiger partial charge in [-0.05, 0) is 31.5 Å². The van der Waals surface area contributed by atoms with Gasteiger partial charge >= 0.3 is 5.97 Å². The third-order valence-electron chi connectivity index (χ3n) is 3.20. The number of rotatable bonds is 2. The highest BCUT2D eigenvalue weighted by molar-refractivity contribution is 5.95. The fraction of sp³-hybridized carbons (Fsp3) is 0.308. The van der Waals surface area contributed by atoms with Crippen LogP contribution < -0.4 is 0 Å². The molecule has 1 heterocycles. The first-order chi connectivity index (χ1) is 7.85. The molecule has 0 fully saturated rings. The summed E-state index contributed by atoms with van der Waals surface area (Å²) in [5.74, 6) is -0.791. The number of aliphatic carboxylic acids is 1. The van der Waals surface area contributed by atoms with Crippen LogP contribution in [0.15, 0.2) is 24.4 Å². The van der Waals surface area contributed by atoms with Crippen molar-refractivity contribution in [2.24, 2.45) is 7.05 Å². The van der Waals surface area contributed by atoms with Crippen molar-refractivity contribution in [3.63, 3.8) is 0 Å². The number of hydrogen-bond donors (Lipinski definition) is 2. The average Bonchev–Trinajstić information content (AvgIpc) is 2.58. The van der Waals surface area contributed by atoms with E-state index in [9.17, 15) is 15.0 Å². The number of carboxylic acid groups (broad SMARTS) is 1. The van der Waals surface area contributed by atoms with E-state index in [0.717, 1.165) is 5.52 Å². The van der Waals surface area contributed by atoms with Crippen LogP contribution in [0.5, 0.6) is 5.75 Å². The topological polar surface area (TPSA) is 62.5 Å². The van der Waals surface area contributed by atoms with Gasteiger partial charge in [-0.1, -0.05) is 6.07 Å². The fourth-order valence-corrected chi connectivity index (χ4v) is 2.01. The van der Waals surface area contributed by atoms with Gasteiger partial charge < -0.3 is 14.8 Å². The number of nitrogens with zero attached hydrogens (tertiary/aromatic N) is 1. The molecule has 2 N–H and O–H groups in total. The Morgan fingerprint density at radius 1 is 1.35 bits per heavy atom. The van der Waals surface area contributed by atoms with E-state index in [4.69, 9.17) is 0 Å². The predicted octanol–water partition coefficient (Wildman–Crippen LogP) is 2.25. The highest BCUT2D eigenvalue weighted by atomic mass is 16.4. The van der Waals surface area contributed by atoms with E-state index in [0.29, 0.717) is 10.9 Å². The molecule has 0 aliphatic heterocycles. The SMILES string of the molecule is Cn1cc(C(C)(C)C(=O)O)c2c(O)cccc21. The zero-order valence-corrected chi connectivity index (χ0v) is 10.1. The number of aromatic hydroxyl groups is 1. The van der Waals surface area contributed by atoms with Crippen molar-refractivity contribution >= 4 is 16.9 Å². The summed E-state index contributed by atoms with van der Waals surface area (Å²) in [6, 6.07) is 5.18. The van der Waals surface area contributed by atoms with Crippen molar-refractivity contribution in [3.05, 3.63) is 30.0 Å². The molecule has 0 atom stereocenters. The van der Waals surface area contributed by atoms with E-state index in [1.807, 2.05) is 17.7 Å². The van der Waals surface area contributed by atoms with E-state index in [-0.39, 0.29) is 5.75 Å². The predicted molar refractivity (Wildman–Crippen MR) is 65.2 cm³/mol. The maximum absolute atomic E-state index is 11.3. The Hall–Kier alpha value is -1.97. The van der Waals surface area contributed by atoms with Crippen molar-refractivity contribution in [1.82, 2.24) is 4.57 Å². The smallest absolute Gasteiger partial charge is 0.313 e. The molecule has 0 radical (unpaired) electrons. The second-order valence-electron chi connectivity index (χ2n) is 4.76. The Bertz CT molecular complexity index is 596. The number of phenolic OH excluding ortho intramolecular Hbond substituents is 1. The van der Waals surface area contributed by atoms with Gasteiger partial charge in [-0.2, -0.15) is 0 Å². The third-order valence-corrected chi connectivity index (χ3v) is 3.20. The fourth-order valence-electron chi connectivity index (χ4n) is 2.01. The minimum atomic E-state index is -1.03. The van der Waals surface area contributed by atoms with Crippen LogP contribution in [0.1, 0.15) is 19.4 Å². The van der Waals surface area contributed by atoms with Crippen molar-refractivity contribution < 1.29 is 15.0 Å². The highest BCUT2D eigenvalue weighted by Gasteiger charge is 2.33. The monoisotopic (exact) mass is 233 g/mol. The molecule has 0 spiro atoms. The van der Waals surface area contributed by atoms with Crippen LogP contribution in [0.25, 0.3) is 10.9 Å². The molecule has 90 valence electrons. The summed E-state index contributed by atoms with van der Waals surface area (Å²) in [5, 5.41) is 19.8. The maximum atomic E-state index is 11.3. The van der Waals surface area contributed by atoms with Gasteiger partial charge in [0.15, 0.2) is 0 Å². The van der Waals surface area contributed by atoms with Crippen molar-refractivity contribution in [1.29, 1.82) is 0 Å². The molecule has 2 rings (SSSR count). The molecule has 1 aromatic carbocycles. The summed E-state index contributed by atoms with van der Waals surface area (Å²) >= 11 is 0. The molecule has 0 amide bonds. The number of carboxylic acids is 1. The Labute approximate surface area is 99.1 Å². The van der Waals surface area contributed by atoms with Crippen LogP contribution in [-0.4, -0.2) is 20.7 Å². The summed E-state index contributed by atoms with van der Waals surface area (Å²) in [4.78, 5) is 11.3. The molecule has 0 saturated heterocycles. The second-order valence-corrected chi connectivity index (χ2v) is 4.76. The molecule has 2 aromatic rings. The third kappa shape index (κ3) is 1.56. The van der Waals surface area contributed by atoms with Gasteiger partial charge in [0, 0.05) is 18.6 Å². The lowest BCUT2D eigenvalue weighted by Crippen LogP contribution is -2.28. The average molecular weight is 233 g/mol. The number of aryl methyl sites for hydroxylation is 1. The first-order valence-corrected chi connectivity index (χ1v) is 5.36. The van der Waals surface area contributed by atoms with E-state index in [1.54, 1.807) is 32.2 Å². The number of fused-ring (bicyclic) bond motifs is 1. The van der Waals surface area contributed by atoms with Crippen LogP contribution in [0.3, 0.4) is 0 Å². The molecule has 1 aromatic heterocycles. The van der Waals surface area contributed by atoms with Gasteiger partial charge in [-0.15, -0.1) is 0 Å². The largest absolute Gasteiger partial charge is 0.507 e. The number of hydrogen-bond acceptors (Lipinski definition) is 2. The first kappa shape index (κ1) is 11.5. The zero-order chi connectivity index (χ0) is 12.8. The van der Waals surface area contributed by atoms with Crippen LogP contribution >= 0.6 is 0 Å². The van der Waals surface area contributed by atoms with E-state index in [2.05, 4.69) is 0 Å². The number of carbonyl (C=O) groups is 1. The normalized spacial score (nSPS) is 11.9. The molecule has 4 nitrogen and oxygen atoms in total. The molecule has 0 unspecified atom stereocenters. The summed E-state index contributed by atoms with van der Waals surface area (Å²) < 4.78 is 1.83. The summed E-state index contributed by atoms with van der Waals surface area (Å²) in [6.07, 6.45) is 1.76. The number of phenols is 1. The van der Waals surface area contributed by atoms with E-state index >= 15 is 0 Å². The van der Waals surface area contributed by atoms with Gasteiger partial charge in [0.1, 0.15) is 5.75 Å². The van der Waals surface area contributed by atoms with Crippen molar-refractivity contribution in [2.45, 2.75) is 19.3 Å². The van der Waals surface area contributed by atoms with Crippen LogP contribution in [-0.2, 0) is 17.3 Å². The Balaban J connectivity index is 2.84. The van der Waals surface area contributed by atoms with Gasteiger partial charge in [0.2, 0.25) is 0 Å². The second kappa shape index (κ2) is 3.52. The summed E-state index contributed by atoms with van der Waals surface area (Å²) in [5.41, 5.74) is 0.424. The van der Waals surface area contributed by atoms with Crippen molar-refractivity contribution in [3.8, 4) is 5.75 Å². The minimum absolute atomic E-state index is 0.118. The lowest BCUT2D eigenvalue weighted by molar-refractivity contribution is -0.142. The van der Waals surface area contributed by atoms with Crippen LogP contribution in [0.4, 0.5) is 0 Å². The minimum Gasteiger partial charge on any atom is -0.507 e.